The number of carboxylic acid groups (broad SMARTS) is 1. The molecule has 0 aliphatic rings. The molecule has 0 saturated carbocycles. The Balaban J connectivity index is 2.61. The Bertz CT molecular complexity index is 537. The van der Waals surface area contributed by atoms with Crippen LogP contribution < -0.4 is 0 Å². The summed E-state index contributed by atoms with van der Waals surface area (Å²) in [5, 5.41) is 12.6. The summed E-state index contributed by atoms with van der Waals surface area (Å²) in [6, 6.07) is 8.92. The standard InChI is InChI=1S/C10H6Cl2N2O2/c11-8-7(10(15)16)9(12)14(13-8)6-4-2-1-3-5-6/h1-5H,(H,15,16). The number of para-hydroxylation sites is 1. The predicted molar refractivity (Wildman–Crippen MR) is 60.5 cm³/mol. The van der Waals surface area contributed by atoms with Crippen molar-refractivity contribution in [3.63, 3.8) is 0 Å². The monoisotopic (exact) mass is 256 g/mol. The van der Waals surface area contributed by atoms with Crippen molar-refractivity contribution in [2.45, 2.75) is 0 Å². The summed E-state index contributed by atoms with van der Waals surface area (Å²) in [6.07, 6.45) is 0. The Morgan fingerprint density at radius 2 is 1.88 bits per heavy atom. The van der Waals surface area contributed by atoms with E-state index >= 15 is 0 Å². The Labute approximate surface area is 101 Å². The molecule has 0 saturated heterocycles. The Morgan fingerprint density at radius 3 is 2.38 bits per heavy atom. The molecule has 0 fully saturated rings. The van der Waals surface area contributed by atoms with Gasteiger partial charge < -0.3 is 5.11 Å². The van der Waals surface area contributed by atoms with Gasteiger partial charge in [0.05, 0.1) is 5.69 Å². The van der Waals surface area contributed by atoms with Gasteiger partial charge in [0, 0.05) is 0 Å². The van der Waals surface area contributed by atoms with Crippen molar-refractivity contribution in [1.82, 2.24) is 9.78 Å². The van der Waals surface area contributed by atoms with Crippen LogP contribution in [0.15, 0.2) is 30.3 Å². The van der Waals surface area contributed by atoms with Crippen molar-refractivity contribution in [1.29, 1.82) is 0 Å². The molecule has 4 nitrogen and oxygen atoms in total. The van der Waals surface area contributed by atoms with E-state index in [0.717, 1.165) is 0 Å². The normalized spacial score (nSPS) is 10.4. The van der Waals surface area contributed by atoms with Gasteiger partial charge in [-0.2, -0.15) is 5.10 Å². The fourth-order valence-electron chi connectivity index (χ4n) is 1.29. The van der Waals surface area contributed by atoms with Gasteiger partial charge in [0.15, 0.2) is 5.15 Å². The number of halogens is 2. The molecule has 1 heterocycles. The molecule has 16 heavy (non-hydrogen) atoms. The molecule has 0 amide bonds. The molecule has 0 radical (unpaired) electrons. The van der Waals surface area contributed by atoms with Gasteiger partial charge in [0.2, 0.25) is 0 Å². The molecule has 0 unspecified atom stereocenters. The molecule has 82 valence electrons. The summed E-state index contributed by atoms with van der Waals surface area (Å²) < 4.78 is 1.29. The zero-order valence-electron chi connectivity index (χ0n) is 7.89. The molecule has 0 aliphatic carbocycles. The van der Waals surface area contributed by atoms with Crippen LogP contribution in [-0.2, 0) is 0 Å². The third-order valence-corrected chi connectivity index (χ3v) is 2.61. The fraction of sp³-hybridized carbons (Fsp3) is 0. The van der Waals surface area contributed by atoms with E-state index in [1.165, 1.54) is 4.68 Å². The highest BCUT2D eigenvalue weighted by molar-refractivity contribution is 6.38. The van der Waals surface area contributed by atoms with Crippen LogP contribution in [0.1, 0.15) is 10.4 Å². The number of hydrogen-bond donors (Lipinski definition) is 1. The molecular formula is C10H6Cl2N2O2. The minimum atomic E-state index is -1.20. The number of carboxylic acids is 1. The van der Waals surface area contributed by atoms with Crippen LogP contribution in [0.5, 0.6) is 0 Å². The zero-order chi connectivity index (χ0) is 11.7. The summed E-state index contributed by atoms with van der Waals surface area (Å²) in [4.78, 5) is 10.9. The third kappa shape index (κ3) is 1.77. The maximum atomic E-state index is 10.9. The Hall–Kier alpha value is -1.52. The van der Waals surface area contributed by atoms with Crippen molar-refractivity contribution in [2.24, 2.45) is 0 Å². The Kier molecular flexibility index (Phi) is 2.85. The second kappa shape index (κ2) is 4.15. The maximum Gasteiger partial charge on any atom is 0.342 e. The first-order valence-corrected chi connectivity index (χ1v) is 5.09. The number of hydrogen-bond acceptors (Lipinski definition) is 2. The van der Waals surface area contributed by atoms with Crippen molar-refractivity contribution < 1.29 is 9.90 Å². The summed E-state index contributed by atoms with van der Waals surface area (Å²) >= 11 is 11.6. The molecule has 0 bridgehead atoms. The molecular weight excluding hydrogens is 251 g/mol. The highest BCUT2D eigenvalue weighted by Gasteiger charge is 2.21. The van der Waals surface area contributed by atoms with E-state index in [-0.39, 0.29) is 15.9 Å². The van der Waals surface area contributed by atoms with Gasteiger partial charge in [-0.05, 0) is 12.1 Å². The highest BCUT2D eigenvalue weighted by atomic mass is 35.5. The molecule has 1 aromatic carbocycles. The van der Waals surface area contributed by atoms with Crippen LogP contribution in [0.4, 0.5) is 0 Å². The van der Waals surface area contributed by atoms with E-state index in [1.807, 2.05) is 6.07 Å². The van der Waals surface area contributed by atoms with Gasteiger partial charge in [-0.3, -0.25) is 0 Å². The van der Waals surface area contributed by atoms with E-state index < -0.39 is 5.97 Å². The lowest BCUT2D eigenvalue weighted by atomic mass is 10.3. The molecule has 0 aliphatic heterocycles. The fourth-order valence-corrected chi connectivity index (χ4v) is 1.89. The predicted octanol–water partition coefficient (Wildman–Crippen LogP) is 2.88. The summed E-state index contributed by atoms with van der Waals surface area (Å²) in [6.45, 7) is 0. The van der Waals surface area contributed by atoms with Crippen LogP contribution in [0.25, 0.3) is 5.69 Å². The van der Waals surface area contributed by atoms with E-state index in [0.29, 0.717) is 5.69 Å². The van der Waals surface area contributed by atoms with Crippen LogP contribution >= 0.6 is 23.2 Å². The highest BCUT2D eigenvalue weighted by Crippen LogP contribution is 2.26. The van der Waals surface area contributed by atoms with Gasteiger partial charge in [-0.25, -0.2) is 9.48 Å². The number of aromatic nitrogens is 2. The van der Waals surface area contributed by atoms with Gasteiger partial charge >= 0.3 is 5.97 Å². The average molecular weight is 257 g/mol. The molecule has 2 aromatic rings. The second-order valence-corrected chi connectivity index (χ2v) is 3.73. The van der Waals surface area contributed by atoms with Crippen LogP contribution in [-0.4, -0.2) is 20.9 Å². The SMILES string of the molecule is O=C(O)c1c(Cl)nn(-c2ccccc2)c1Cl. The van der Waals surface area contributed by atoms with Crippen molar-refractivity contribution >= 4 is 29.2 Å². The lowest BCUT2D eigenvalue weighted by Gasteiger charge is -2.01. The summed E-state index contributed by atoms with van der Waals surface area (Å²) in [5.74, 6) is -1.20. The quantitative estimate of drug-likeness (QED) is 0.899. The van der Waals surface area contributed by atoms with E-state index in [9.17, 15) is 4.79 Å². The smallest absolute Gasteiger partial charge is 0.342 e. The van der Waals surface area contributed by atoms with Crippen molar-refractivity contribution in [3.8, 4) is 5.69 Å². The van der Waals surface area contributed by atoms with Crippen molar-refractivity contribution in [3.05, 3.63) is 46.2 Å². The lowest BCUT2D eigenvalue weighted by molar-refractivity contribution is 0.0697. The summed E-state index contributed by atoms with van der Waals surface area (Å²) in [5.41, 5.74) is 0.467. The van der Waals surface area contributed by atoms with E-state index in [4.69, 9.17) is 28.3 Å². The van der Waals surface area contributed by atoms with Gasteiger partial charge in [0.25, 0.3) is 0 Å². The molecule has 0 spiro atoms. The van der Waals surface area contributed by atoms with Crippen molar-refractivity contribution in [2.75, 3.05) is 0 Å². The number of benzene rings is 1. The first-order valence-electron chi connectivity index (χ1n) is 4.34. The zero-order valence-corrected chi connectivity index (χ0v) is 9.40. The third-order valence-electron chi connectivity index (χ3n) is 2.00. The Morgan fingerprint density at radius 1 is 1.25 bits per heavy atom. The van der Waals surface area contributed by atoms with Gasteiger partial charge in [0.1, 0.15) is 10.7 Å². The molecule has 0 atom stereocenters. The second-order valence-electron chi connectivity index (χ2n) is 3.01. The average Bonchev–Trinajstić information content (AvgIpc) is 2.55. The molecule has 2 rings (SSSR count). The topological polar surface area (TPSA) is 55.1 Å². The molecule has 6 heteroatoms. The minimum Gasteiger partial charge on any atom is -0.477 e. The number of carbonyl (C=O) groups is 1. The number of aromatic carboxylic acids is 1. The van der Waals surface area contributed by atoms with E-state index in [2.05, 4.69) is 5.10 Å². The lowest BCUT2D eigenvalue weighted by Crippen LogP contribution is -1.98. The largest absolute Gasteiger partial charge is 0.477 e. The van der Waals surface area contributed by atoms with Crippen LogP contribution in [0, 0.1) is 0 Å². The molecule has 1 aromatic heterocycles. The minimum absolute atomic E-state index is 0.0105. The number of nitrogens with zero attached hydrogens (tertiary/aromatic N) is 2. The molecule has 1 N–H and O–H groups in total. The first kappa shape index (κ1) is 11.0. The number of rotatable bonds is 2. The first-order chi connectivity index (χ1) is 7.61. The summed E-state index contributed by atoms with van der Waals surface area (Å²) in [7, 11) is 0. The van der Waals surface area contributed by atoms with Gasteiger partial charge in [-0.1, -0.05) is 41.4 Å². The van der Waals surface area contributed by atoms with Crippen LogP contribution in [0.2, 0.25) is 10.3 Å². The van der Waals surface area contributed by atoms with Gasteiger partial charge in [-0.15, -0.1) is 0 Å². The maximum absolute atomic E-state index is 10.9. The van der Waals surface area contributed by atoms with E-state index in [1.54, 1.807) is 24.3 Å². The van der Waals surface area contributed by atoms with Crippen LogP contribution in [0.3, 0.4) is 0 Å².